The first-order valence-corrected chi connectivity index (χ1v) is 5.31. The van der Waals surface area contributed by atoms with Crippen molar-refractivity contribution in [2.24, 2.45) is 0 Å². The van der Waals surface area contributed by atoms with Gasteiger partial charge in [-0.1, -0.05) is 24.3 Å². The molecule has 0 amide bonds. The van der Waals surface area contributed by atoms with Gasteiger partial charge in [0.05, 0.1) is 6.61 Å². The van der Waals surface area contributed by atoms with Crippen LogP contribution in [0.4, 0.5) is 0 Å². The Kier molecular flexibility index (Phi) is 1.98. The fraction of sp³-hybridized carbons (Fsp3) is 0.143. The van der Waals surface area contributed by atoms with E-state index in [1.807, 2.05) is 43.3 Å². The molecule has 2 heteroatoms. The number of benzene rings is 2. The molecule has 0 bridgehead atoms. The van der Waals surface area contributed by atoms with Gasteiger partial charge in [0.1, 0.15) is 11.2 Å². The second kappa shape index (κ2) is 3.35. The van der Waals surface area contributed by atoms with Crippen molar-refractivity contribution in [3.05, 3.63) is 47.5 Å². The third-order valence-electron chi connectivity index (χ3n) is 2.91. The van der Waals surface area contributed by atoms with Crippen molar-refractivity contribution in [1.82, 2.24) is 0 Å². The molecule has 16 heavy (non-hydrogen) atoms. The minimum Gasteiger partial charge on any atom is -0.456 e. The topological polar surface area (TPSA) is 33.4 Å². The fourth-order valence-corrected chi connectivity index (χ4v) is 2.16. The molecule has 0 saturated carbocycles. The minimum atomic E-state index is 0.0658. The smallest absolute Gasteiger partial charge is 0.138 e. The maximum atomic E-state index is 9.20. The largest absolute Gasteiger partial charge is 0.456 e. The molecule has 1 N–H and O–H groups in total. The summed E-state index contributed by atoms with van der Waals surface area (Å²) in [5, 5.41) is 11.4. The Labute approximate surface area is 93.1 Å². The number of furan rings is 1. The summed E-state index contributed by atoms with van der Waals surface area (Å²) in [6, 6.07) is 11.9. The Morgan fingerprint density at radius 2 is 1.94 bits per heavy atom. The van der Waals surface area contributed by atoms with Gasteiger partial charge < -0.3 is 9.52 Å². The molecule has 0 fully saturated rings. The summed E-state index contributed by atoms with van der Waals surface area (Å²) in [4.78, 5) is 0. The lowest BCUT2D eigenvalue weighted by atomic mass is 10.1. The quantitative estimate of drug-likeness (QED) is 0.670. The highest BCUT2D eigenvalue weighted by atomic mass is 16.3. The van der Waals surface area contributed by atoms with Crippen LogP contribution in [0.15, 0.2) is 40.8 Å². The van der Waals surface area contributed by atoms with Crippen LogP contribution in [0.1, 0.15) is 11.1 Å². The molecule has 1 aromatic heterocycles. The van der Waals surface area contributed by atoms with Crippen molar-refractivity contribution in [1.29, 1.82) is 0 Å². The zero-order valence-electron chi connectivity index (χ0n) is 9.03. The molecular formula is C14H12O2. The van der Waals surface area contributed by atoms with Crippen LogP contribution in [0.5, 0.6) is 0 Å². The molecule has 0 unspecified atom stereocenters. The van der Waals surface area contributed by atoms with E-state index < -0.39 is 0 Å². The van der Waals surface area contributed by atoms with Gasteiger partial charge in [0.15, 0.2) is 0 Å². The summed E-state index contributed by atoms with van der Waals surface area (Å²) in [5.74, 6) is 0. The normalized spacial score (nSPS) is 11.4. The van der Waals surface area contributed by atoms with E-state index in [1.165, 1.54) is 0 Å². The van der Waals surface area contributed by atoms with Crippen molar-refractivity contribution >= 4 is 21.9 Å². The van der Waals surface area contributed by atoms with Crippen LogP contribution in [0.25, 0.3) is 21.9 Å². The molecule has 1 heterocycles. The molecule has 80 valence electrons. The van der Waals surface area contributed by atoms with E-state index in [2.05, 4.69) is 0 Å². The number of hydrogen-bond acceptors (Lipinski definition) is 2. The van der Waals surface area contributed by atoms with E-state index in [9.17, 15) is 5.11 Å². The lowest BCUT2D eigenvalue weighted by molar-refractivity contribution is 0.282. The molecule has 2 aromatic carbocycles. The van der Waals surface area contributed by atoms with Crippen molar-refractivity contribution in [2.45, 2.75) is 13.5 Å². The monoisotopic (exact) mass is 212 g/mol. The highest BCUT2D eigenvalue weighted by Gasteiger charge is 2.09. The van der Waals surface area contributed by atoms with E-state index in [4.69, 9.17) is 4.42 Å². The molecular weight excluding hydrogens is 200 g/mol. The van der Waals surface area contributed by atoms with E-state index in [0.29, 0.717) is 0 Å². The molecule has 3 rings (SSSR count). The van der Waals surface area contributed by atoms with Crippen molar-refractivity contribution in [3.63, 3.8) is 0 Å². The Hall–Kier alpha value is -1.80. The van der Waals surface area contributed by atoms with Crippen LogP contribution in [-0.4, -0.2) is 5.11 Å². The van der Waals surface area contributed by atoms with Gasteiger partial charge in [-0.2, -0.15) is 0 Å². The maximum absolute atomic E-state index is 9.20. The molecule has 3 aromatic rings. The number of aliphatic hydroxyl groups is 1. The second-order valence-electron chi connectivity index (χ2n) is 4.05. The molecule has 0 aliphatic rings. The third-order valence-corrected chi connectivity index (χ3v) is 2.91. The van der Waals surface area contributed by atoms with Crippen molar-refractivity contribution < 1.29 is 9.52 Å². The van der Waals surface area contributed by atoms with E-state index in [-0.39, 0.29) is 6.61 Å². The van der Waals surface area contributed by atoms with Gasteiger partial charge >= 0.3 is 0 Å². The predicted molar refractivity (Wildman–Crippen MR) is 64.4 cm³/mol. The third kappa shape index (κ3) is 1.24. The SMILES string of the molecule is Cc1cc(CO)cc2c1oc1ccccc12. The van der Waals surface area contributed by atoms with E-state index in [1.54, 1.807) is 0 Å². The first kappa shape index (κ1) is 9.43. The number of hydrogen-bond donors (Lipinski definition) is 1. The molecule has 0 radical (unpaired) electrons. The Morgan fingerprint density at radius 1 is 1.12 bits per heavy atom. The van der Waals surface area contributed by atoms with E-state index >= 15 is 0 Å². The van der Waals surface area contributed by atoms with Crippen LogP contribution in [0.3, 0.4) is 0 Å². The lowest BCUT2D eigenvalue weighted by Gasteiger charge is -1.99. The maximum Gasteiger partial charge on any atom is 0.138 e. The number of aryl methyl sites for hydroxylation is 1. The zero-order valence-corrected chi connectivity index (χ0v) is 9.03. The summed E-state index contributed by atoms with van der Waals surface area (Å²) < 4.78 is 5.80. The first-order chi connectivity index (χ1) is 7.79. The predicted octanol–water partition coefficient (Wildman–Crippen LogP) is 3.39. The number of rotatable bonds is 1. The van der Waals surface area contributed by atoms with Gasteiger partial charge in [-0.3, -0.25) is 0 Å². The summed E-state index contributed by atoms with van der Waals surface area (Å²) in [6.45, 7) is 2.07. The fourth-order valence-electron chi connectivity index (χ4n) is 2.16. The number of para-hydroxylation sites is 1. The number of aliphatic hydroxyl groups excluding tert-OH is 1. The average molecular weight is 212 g/mol. The first-order valence-electron chi connectivity index (χ1n) is 5.31. The molecule has 0 aliphatic carbocycles. The van der Waals surface area contributed by atoms with Gasteiger partial charge in [0.25, 0.3) is 0 Å². The van der Waals surface area contributed by atoms with Crippen molar-refractivity contribution in [3.8, 4) is 0 Å². The van der Waals surface area contributed by atoms with Crippen LogP contribution in [0.2, 0.25) is 0 Å². The summed E-state index contributed by atoms with van der Waals surface area (Å²) in [5.41, 5.74) is 3.81. The summed E-state index contributed by atoms with van der Waals surface area (Å²) in [6.07, 6.45) is 0. The highest BCUT2D eigenvalue weighted by molar-refractivity contribution is 6.06. The Balaban J connectivity index is 2.51. The van der Waals surface area contributed by atoms with E-state index in [0.717, 1.165) is 33.1 Å². The van der Waals surface area contributed by atoms with Crippen molar-refractivity contribution in [2.75, 3.05) is 0 Å². The van der Waals surface area contributed by atoms with Gasteiger partial charge in [0, 0.05) is 10.8 Å². The molecule has 0 saturated heterocycles. The molecule has 0 atom stereocenters. The molecule has 0 spiro atoms. The van der Waals surface area contributed by atoms with Gasteiger partial charge in [-0.25, -0.2) is 0 Å². The molecule has 0 aliphatic heterocycles. The van der Waals surface area contributed by atoms with Crippen LogP contribution >= 0.6 is 0 Å². The van der Waals surface area contributed by atoms with Crippen LogP contribution in [-0.2, 0) is 6.61 Å². The van der Waals surface area contributed by atoms with Crippen LogP contribution < -0.4 is 0 Å². The Bertz CT molecular complexity index is 665. The second-order valence-corrected chi connectivity index (χ2v) is 4.05. The number of fused-ring (bicyclic) bond motifs is 3. The highest BCUT2D eigenvalue weighted by Crippen LogP contribution is 2.31. The molecule has 2 nitrogen and oxygen atoms in total. The lowest BCUT2D eigenvalue weighted by Crippen LogP contribution is -1.84. The van der Waals surface area contributed by atoms with Gasteiger partial charge in [-0.05, 0) is 30.2 Å². The van der Waals surface area contributed by atoms with Gasteiger partial charge in [-0.15, -0.1) is 0 Å². The standard InChI is InChI=1S/C14H12O2/c1-9-6-10(8-15)7-12-11-4-2-3-5-13(11)16-14(9)12/h2-7,15H,8H2,1H3. The zero-order chi connectivity index (χ0) is 11.1. The Morgan fingerprint density at radius 3 is 2.75 bits per heavy atom. The average Bonchev–Trinajstić information content (AvgIpc) is 2.68. The van der Waals surface area contributed by atoms with Gasteiger partial charge in [0.2, 0.25) is 0 Å². The van der Waals surface area contributed by atoms with Crippen LogP contribution in [0, 0.1) is 6.92 Å². The minimum absolute atomic E-state index is 0.0658. The summed E-state index contributed by atoms with van der Waals surface area (Å²) in [7, 11) is 0. The summed E-state index contributed by atoms with van der Waals surface area (Å²) >= 11 is 0.